The van der Waals surface area contributed by atoms with Gasteiger partial charge in [0.15, 0.2) is 12.0 Å². The summed E-state index contributed by atoms with van der Waals surface area (Å²) in [6.45, 7) is 0.429. The van der Waals surface area contributed by atoms with Crippen LogP contribution in [-0.4, -0.2) is 28.3 Å². The van der Waals surface area contributed by atoms with E-state index >= 15 is 0 Å². The molecule has 1 heterocycles. The van der Waals surface area contributed by atoms with Crippen LogP contribution in [0.25, 0.3) is 0 Å². The highest BCUT2D eigenvalue weighted by molar-refractivity contribution is 5.76. The minimum absolute atomic E-state index is 0.103. The molecule has 0 aliphatic rings. The molecule has 0 aliphatic carbocycles. The second kappa shape index (κ2) is 4.69. The van der Waals surface area contributed by atoms with Crippen LogP contribution in [0, 0.1) is 0 Å². The molecule has 0 saturated heterocycles. The highest BCUT2D eigenvalue weighted by Gasteiger charge is 2.08. The van der Waals surface area contributed by atoms with E-state index in [4.69, 9.17) is 4.74 Å². The Morgan fingerprint density at radius 3 is 2.71 bits per heavy atom. The first-order valence-corrected chi connectivity index (χ1v) is 5.07. The summed E-state index contributed by atoms with van der Waals surface area (Å²) >= 11 is 0. The summed E-state index contributed by atoms with van der Waals surface area (Å²) in [7, 11) is 1.60. The average molecular weight is 232 g/mol. The highest BCUT2D eigenvalue weighted by atomic mass is 16.5. The summed E-state index contributed by atoms with van der Waals surface area (Å²) in [5.74, 6) is 0.668. The summed E-state index contributed by atoms with van der Waals surface area (Å²) in [4.78, 5) is 10.8. The molecular formula is C12H12N2O3. The second-order valence-electron chi connectivity index (χ2n) is 3.54. The molecular weight excluding hydrogens is 220 g/mol. The quantitative estimate of drug-likeness (QED) is 0.810. The maximum absolute atomic E-state index is 10.8. The number of carbonyl (C=O) groups excluding carboxylic acids is 1. The Morgan fingerprint density at radius 2 is 2.12 bits per heavy atom. The molecule has 0 radical (unpaired) electrons. The van der Waals surface area contributed by atoms with Crippen LogP contribution in [0.5, 0.6) is 11.5 Å². The van der Waals surface area contributed by atoms with Crippen molar-refractivity contribution in [1.29, 1.82) is 0 Å². The smallest absolute Gasteiger partial charge is 0.171 e. The van der Waals surface area contributed by atoms with E-state index in [1.165, 1.54) is 10.9 Å². The van der Waals surface area contributed by atoms with E-state index in [2.05, 4.69) is 5.10 Å². The summed E-state index contributed by atoms with van der Waals surface area (Å²) in [6.07, 6.45) is 1.85. The predicted octanol–water partition coefficient (Wildman–Crippen LogP) is 1.46. The molecule has 0 aliphatic heterocycles. The van der Waals surface area contributed by atoms with Crippen molar-refractivity contribution in [2.45, 2.75) is 6.54 Å². The van der Waals surface area contributed by atoms with Gasteiger partial charge in [-0.2, -0.15) is 5.10 Å². The first-order valence-electron chi connectivity index (χ1n) is 5.07. The number of hydrogen-bond donors (Lipinski definition) is 1. The van der Waals surface area contributed by atoms with Crippen molar-refractivity contribution in [3.63, 3.8) is 0 Å². The number of aromatic nitrogens is 2. The Labute approximate surface area is 98.3 Å². The van der Waals surface area contributed by atoms with Gasteiger partial charge in [-0.25, -0.2) is 0 Å². The molecule has 1 aromatic carbocycles. The molecule has 0 unspecified atom stereocenters. The van der Waals surface area contributed by atoms with Crippen molar-refractivity contribution in [3.05, 3.63) is 41.7 Å². The van der Waals surface area contributed by atoms with E-state index in [1.807, 2.05) is 24.3 Å². The van der Waals surface area contributed by atoms with Crippen LogP contribution < -0.4 is 4.74 Å². The average Bonchev–Trinajstić information content (AvgIpc) is 2.71. The number of benzene rings is 1. The van der Waals surface area contributed by atoms with Crippen LogP contribution in [0.4, 0.5) is 0 Å². The Kier molecular flexibility index (Phi) is 3.09. The lowest BCUT2D eigenvalue weighted by Crippen LogP contribution is -2.05. The molecule has 0 bridgehead atoms. The Bertz CT molecular complexity index is 517. The first-order chi connectivity index (χ1) is 8.24. The number of hydrogen-bond acceptors (Lipinski definition) is 4. The van der Waals surface area contributed by atoms with Crippen LogP contribution in [0.2, 0.25) is 0 Å². The zero-order valence-electron chi connectivity index (χ0n) is 9.33. The van der Waals surface area contributed by atoms with Crippen molar-refractivity contribution < 1.29 is 14.6 Å². The van der Waals surface area contributed by atoms with E-state index in [0.29, 0.717) is 12.8 Å². The van der Waals surface area contributed by atoms with E-state index in [9.17, 15) is 9.90 Å². The maximum Gasteiger partial charge on any atom is 0.171 e. The predicted molar refractivity (Wildman–Crippen MR) is 61.4 cm³/mol. The molecule has 5 heteroatoms. The minimum Gasteiger partial charge on any atom is -0.504 e. The number of aldehydes is 1. The topological polar surface area (TPSA) is 64.3 Å². The third-order valence-corrected chi connectivity index (χ3v) is 2.46. The van der Waals surface area contributed by atoms with Crippen molar-refractivity contribution in [2.75, 3.05) is 7.11 Å². The third-order valence-electron chi connectivity index (χ3n) is 2.46. The fourth-order valence-electron chi connectivity index (χ4n) is 1.54. The summed E-state index contributed by atoms with van der Waals surface area (Å²) in [5.41, 5.74) is 1.15. The van der Waals surface area contributed by atoms with Gasteiger partial charge < -0.3 is 9.84 Å². The zero-order chi connectivity index (χ0) is 12.3. The van der Waals surface area contributed by atoms with Gasteiger partial charge in [0.25, 0.3) is 0 Å². The highest BCUT2D eigenvalue weighted by Crippen LogP contribution is 2.16. The monoisotopic (exact) mass is 232 g/mol. The largest absolute Gasteiger partial charge is 0.504 e. The summed E-state index contributed by atoms with van der Waals surface area (Å²) in [5, 5.41) is 13.3. The van der Waals surface area contributed by atoms with E-state index in [-0.39, 0.29) is 11.4 Å². The minimum atomic E-state index is -0.103. The van der Waals surface area contributed by atoms with Crippen LogP contribution in [0.1, 0.15) is 16.1 Å². The molecule has 2 aromatic rings. The molecule has 0 amide bonds. The van der Waals surface area contributed by atoms with Gasteiger partial charge in [-0.15, -0.1) is 0 Å². The second-order valence-corrected chi connectivity index (χ2v) is 3.54. The number of carbonyl (C=O) groups is 1. The van der Waals surface area contributed by atoms with Crippen molar-refractivity contribution >= 4 is 6.29 Å². The standard InChI is InChI=1S/C12H12N2O3/c1-17-10-4-2-9(3-5-10)7-14-11(8-15)12(16)6-13-14/h2-6,8,16H,7H2,1H3. The van der Waals surface area contributed by atoms with Gasteiger partial charge in [-0.3, -0.25) is 9.48 Å². The van der Waals surface area contributed by atoms with Gasteiger partial charge in [0.05, 0.1) is 19.9 Å². The number of rotatable bonds is 4. The Balaban J connectivity index is 2.22. The van der Waals surface area contributed by atoms with Gasteiger partial charge in [-0.05, 0) is 17.7 Å². The molecule has 0 spiro atoms. The zero-order valence-corrected chi connectivity index (χ0v) is 9.33. The molecule has 0 fully saturated rings. The molecule has 5 nitrogen and oxygen atoms in total. The van der Waals surface area contributed by atoms with Crippen LogP contribution in [0.3, 0.4) is 0 Å². The van der Waals surface area contributed by atoms with Gasteiger partial charge in [0, 0.05) is 0 Å². The number of nitrogens with zero attached hydrogens (tertiary/aromatic N) is 2. The summed E-state index contributed by atoms with van der Waals surface area (Å²) < 4.78 is 6.50. The van der Waals surface area contributed by atoms with Crippen LogP contribution >= 0.6 is 0 Å². The molecule has 2 rings (SSSR count). The van der Waals surface area contributed by atoms with Gasteiger partial charge in [-0.1, -0.05) is 12.1 Å². The number of methoxy groups -OCH3 is 1. The molecule has 17 heavy (non-hydrogen) atoms. The SMILES string of the molecule is COc1ccc(Cn2ncc(O)c2C=O)cc1. The van der Waals surface area contributed by atoms with E-state index in [1.54, 1.807) is 7.11 Å². The molecule has 0 saturated carbocycles. The van der Waals surface area contributed by atoms with E-state index in [0.717, 1.165) is 11.3 Å². The van der Waals surface area contributed by atoms with Gasteiger partial charge >= 0.3 is 0 Å². The fourth-order valence-corrected chi connectivity index (χ4v) is 1.54. The van der Waals surface area contributed by atoms with Crippen LogP contribution in [-0.2, 0) is 6.54 Å². The molecule has 0 atom stereocenters. The molecule has 1 N–H and O–H groups in total. The van der Waals surface area contributed by atoms with Gasteiger partial charge in [0.1, 0.15) is 11.4 Å². The number of ether oxygens (including phenoxy) is 1. The van der Waals surface area contributed by atoms with Crippen LogP contribution in [0.15, 0.2) is 30.5 Å². The Morgan fingerprint density at radius 1 is 1.41 bits per heavy atom. The maximum atomic E-state index is 10.8. The van der Waals surface area contributed by atoms with Gasteiger partial charge in [0.2, 0.25) is 0 Å². The lowest BCUT2D eigenvalue weighted by molar-refractivity contribution is 0.111. The lowest BCUT2D eigenvalue weighted by Gasteiger charge is -2.05. The van der Waals surface area contributed by atoms with Crippen molar-refractivity contribution in [1.82, 2.24) is 9.78 Å². The molecule has 1 aromatic heterocycles. The third kappa shape index (κ3) is 2.28. The lowest BCUT2D eigenvalue weighted by atomic mass is 10.2. The number of aromatic hydroxyl groups is 1. The fraction of sp³-hybridized carbons (Fsp3) is 0.167. The normalized spacial score (nSPS) is 10.2. The van der Waals surface area contributed by atoms with Crippen molar-refractivity contribution in [2.24, 2.45) is 0 Å². The molecule has 88 valence electrons. The Hall–Kier alpha value is -2.30. The van der Waals surface area contributed by atoms with Crippen molar-refractivity contribution in [3.8, 4) is 11.5 Å². The first kappa shape index (κ1) is 11.2. The van der Waals surface area contributed by atoms with E-state index < -0.39 is 0 Å². The summed E-state index contributed by atoms with van der Waals surface area (Å²) in [6, 6.07) is 7.43.